The Morgan fingerprint density at radius 2 is 1.77 bits per heavy atom. The second-order valence-electron chi connectivity index (χ2n) is 6.40. The maximum absolute atomic E-state index is 12.8. The normalized spacial score (nSPS) is 10.9. The number of thiazole rings is 1. The van der Waals surface area contributed by atoms with Crippen LogP contribution in [-0.2, 0) is 14.8 Å². The third kappa shape index (κ3) is 5.38. The van der Waals surface area contributed by atoms with Crippen molar-refractivity contribution in [1.29, 1.82) is 0 Å². The Balaban J connectivity index is 1.82. The van der Waals surface area contributed by atoms with Crippen LogP contribution in [0.5, 0.6) is 5.75 Å². The molecule has 0 aliphatic carbocycles. The van der Waals surface area contributed by atoms with E-state index in [9.17, 15) is 18.0 Å². The number of methoxy groups -OCH3 is 1. The fourth-order valence-corrected chi connectivity index (χ4v) is 4.81. The zero-order chi connectivity index (χ0) is 22.6. The van der Waals surface area contributed by atoms with E-state index in [-0.39, 0.29) is 20.8 Å². The molecule has 3 N–H and O–H groups in total. The van der Waals surface area contributed by atoms with Crippen LogP contribution in [0.25, 0.3) is 0 Å². The van der Waals surface area contributed by atoms with Gasteiger partial charge in [-0.1, -0.05) is 29.5 Å². The Hall–Kier alpha value is -3.44. The van der Waals surface area contributed by atoms with Gasteiger partial charge in [-0.3, -0.25) is 14.3 Å². The third-order valence-corrected chi connectivity index (χ3v) is 6.60. The van der Waals surface area contributed by atoms with E-state index in [2.05, 4.69) is 20.3 Å². The van der Waals surface area contributed by atoms with Crippen LogP contribution >= 0.6 is 11.3 Å². The van der Waals surface area contributed by atoms with Crippen molar-refractivity contribution in [2.75, 3.05) is 22.5 Å². The molecule has 0 atom stereocenters. The largest absolute Gasteiger partial charge is 0.495 e. The quantitative estimate of drug-likeness (QED) is 0.496. The first-order chi connectivity index (χ1) is 14.7. The zero-order valence-electron chi connectivity index (χ0n) is 16.9. The number of hydrogen-bond donors (Lipinski definition) is 3. The molecule has 0 bridgehead atoms. The van der Waals surface area contributed by atoms with Gasteiger partial charge in [0, 0.05) is 12.6 Å². The maximum Gasteiger partial charge on any atom is 0.267 e. The van der Waals surface area contributed by atoms with E-state index in [1.807, 2.05) is 0 Å². The van der Waals surface area contributed by atoms with Gasteiger partial charge < -0.3 is 15.4 Å². The molecule has 9 nitrogen and oxygen atoms in total. The number of sulfonamides is 1. The van der Waals surface area contributed by atoms with E-state index in [1.54, 1.807) is 43.3 Å². The minimum Gasteiger partial charge on any atom is -0.495 e. The average molecular weight is 461 g/mol. The molecule has 1 heterocycles. The molecule has 1 aromatic heterocycles. The summed E-state index contributed by atoms with van der Waals surface area (Å²) in [7, 11) is -2.37. The first-order valence-electron chi connectivity index (χ1n) is 9.02. The first kappa shape index (κ1) is 22.2. The van der Waals surface area contributed by atoms with Gasteiger partial charge in [0.15, 0.2) is 5.13 Å². The van der Waals surface area contributed by atoms with Crippen LogP contribution in [-0.4, -0.2) is 32.3 Å². The van der Waals surface area contributed by atoms with Crippen molar-refractivity contribution in [2.45, 2.75) is 18.7 Å². The fraction of sp³-hybridized carbons (Fsp3) is 0.150. The summed E-state index contributed by atoms with van der Waals surface area (Å²) in [5.74, 6) is -0.343. The third-order valence-electron chi connectivity index (χ3n) is 4.05. The number of amides is 2. The minimum atomic E-state index is -3.82. The van der Waals surface area contributed by atoms with Crippen molar-refractivity contribution in [1.82, 2.24) is 4.98 Å². The Labute approximate surface area is 183 Å². The van der Waals surface area contributed by atoms with Crippen molar-refractivity contribution in [3.63, 3.8) is 0 Å². The van der Waals surface area contributed by atoms with Gasteiger partial charge in [0.1, 0.15) is 10.6 Å². The van der Waals surface area contributed by atoms with Crippen molar-refractivity contribution >= 4 is 49.7 Å². The minimum absolute atomic E-state index is 0.0745. The second kappa shape index (κ2) is 9.14. The van der Waals surface area contributed by atoms with E-state index in [0.717, 1.165) is 11.3 Å². The molecule has 3 rings (SSSR count). The van der Waals surface area contributed by atoms with E-state index in [0.29, 0.717) is 22.8 Å². The summed E-state index contributed by atoms with van der Waals surface area (Å²) in [5, 5.41) is 5.43. The molecule has 0 aliphatic rings. The van der Waals surface area contributed by atoms with E-state index < -0.39 is 15.9 Å². The van der Waals surface area contributed by atoms with Crippen LogP contribution in [0.3, 0.4) is 0 Å². The lowest BCUT2D eigenvalue weighted by Crippen LogP contribution is -2.13. The summed E-state index contributed by atoms with van der Waals surface area (Å²) in [6.07, 6.45) is 0. The monoisotopic (exact) mass is 460 g/mol. The number of nitrogens with one attached hydrogen (secondary N) is 3. The van der Waals surface area contributed by atoms with Crippen LogP contribution in [0.4, 0.5) is 16.5 Å². The number of carbonyl (C=O) groups excluding carboxylic acids is 2. The molecule has 162 valence electrons. The Kier molecular flexibility index (Phi) is 6.56. The highest BCUT2D eigenvalue weighted by molar-refractivity contribution is 7.93. The standard InChI is InChI=1S/C20H20N4O5S2/c1-12-18(30-20(21-12)24-31(27,28)15-7-5-4-6-8-15)19(26)23-16-11-14(22-13(2)25)9-10-17(16)29-3/h4-11H,1-3H3,(H,21,24)(H,22,25)(H,23,26). The van der Waals surface area contributed by atoms with Crippen molar-refractivity contribution < 1.29 is 22.7 Å². The number of aryl methyl sites for hydroxylation is 1. The number of rotatable bonds is 7. The zero-order valence-corrected chi connectivity index (χ0v) is 18.6. The topological polar surface area (TPSA) is 126 Å². The van der Waals surface area contributed by atoms with Crippen molar-refractivity contribution in [3.8, 4) is 5.75 Å². The lowest BCUT2D eigenvalue weighted by Gasteiger charge is -2.12. The molecule has 0 saturated heterocycles. The number of anilines is 3. The predicted octanol–water partition coefficient (Wildman–Crippen LogP) is 3.47. The average Bonchev–Trinajstić information content (AvgIpc) is 3.08. The van der Waals surface area contributed by atoms with Crippen LogP contribution in [0.2, 0.25) is 0 Å². The lowest BCUT2D eigenvalue weighted by molar-refractivity contribution is -0.114. The number of carbonyl (C=O) groups is 2. The molecule has 11 heteroatoms. The molecule has 0 radical (unpaired) electrons. The van der Waals surface area contributed by atoms with Gasteiger partial charge in [-0.05, 0) is 37.3 Å². The Morgan fingerprint density at radius 1 is 1.06 bits per heavy atom. The van der Waals surface area contributed by atoms with Crippen LogP contribution in [0.1, 0.15) is 22.3 Å². The number of hydrogen-bond acceptors (Lipinski definition) is 7. The number of benzene rings is 2. The van der Waals surface area contributed by atoms with Crippen molar-refractivity contribution in [3.05, 3.63) is 59.1 Å². The van der Waals surface area contributed by atoms with E-state index in [4.69, 9.17) is 4.74 Å². The number of aromatic nitrogens is 1. The van der Waals surface area contributed by atoms with E-state index >= 15 is 0 Å². The highest BCUT2D eigenvalue weighted by atomic mass is 32.2. The van der Waals surface area contributed by atoms with Gasteiger partial charge >= 0.3 is 0 Å². The van der Waals surface area contributed by atoms with Gasteiger partial charge in [-0.2, -0.15) is 0 Å². The molecular formula is C20H20N4O5S2. The van der Waals surface area contributed by atoms with Gasteiger partial charge in [0.25, 0.3) is 15.9 Å². The first-order valence-corrected chi connectivity index (χ1v) is 11.3. The summed E-state index contributed by atoms with van der Waals surface area (Å²) in [5.41, 5.74) is 1.20. The number of nitrogens with zero attached hydrogens (tertiary/aromatic N) is 1. The molecule has 2 aromatic carbocycles. The molecule has 0 unspecified atom stereocenters. The molecule has 31 heavy (non-hydrogen) atoms. The van der Waals surface area contributed by atoms with Crippen LogP contribution in [0, 0.1) is 6.92 Å². The molecule has 0 fully saturated rings. The summed E-state index contributed by atoms with van der Waals surface area (Å²) in [6.45, 7) is 2.98. The SMILES string of the molecule is COc1ccc(NC(C)=O)cc1NC(=O)c1sc(NS(=O)(=O)c2ccccc2)nc1C. The summed E-state index contributed by atoms with van der Waals surface area (Å²) >= 11 is 0.913. The molecule has 0 spiro atoms. The lowest BCUT2D eigenvalue weighted by atomic mass is 10.2. The highest BCUT2D eigenvalue weighted by Gasteiger charge is 2.21. The Bertz CT molecular complexity index is 1220. The van der Waals surface area contributed by atoms with Gasteiger partial charge in [0.05, 0.1) is 23.4 Å². The molecular weight excluding hydrogens is 440 g/mol. The molecule has 0 aliphatic heterocycles. The smallest absolute Gasteiger partial charge is 0.267 e. The number of ether oxygens (including phenoxy) is 1. The fourth-order valence-electron chi connectivity index (χ4n) is 2.69. The Morgan fingerprint density at radius 3 is 2.42 bits per heavy atom. The summed E-state index contributed by atoms with van der Waals surface area (Å²) in [6, 6.07) is 12.7. The van der Waals surface area contributed by atoms with Crippen LogP contribution < -0.4 is 20.1 Å². The molecule has 2 amide bonds. The van der Waals surface area contributed by atoms with Crippen molar-refractivity contribution in [2.24, 2.45) is 0 Å². The molecule has 0 saturated carbocycles. The van der Waals surface area contributed by atoms with E-state index in [1.165, 1.54) is 26.2 Å². The molecule has 3 aromatic rings. The van der Waals surface area contributed by atoms with Gasteiger partial charge in [-0.15, -0.1) is 0 Å². The maximum atomic E-state index is 12.8. The second-order valence-corrected chi connectivity index (χ2v) is 9.08. The summed E-state index contributed by atoms with van der Waals surface area (Å²) < 4.78 is 32.6. The van der Waals surface area contributed by atoms with Gasteiger partial charge in [-0.25, -0.2) is 13.4 Å². The predicted molar refractivity (Wildman–Crippen MR) is 119 cm³/mol. The van der Waals surface area contributed by atoms with Crippen LogP contribution in [0.15, 0.2) is 53.4 Å². The highest BCUT2D eigenvalue weighted by Crippen LogP contribution is 2.30. The van der Waals surface area contributed by atoms with Gasteiger partial charge in [0.2, 0.25) is 5.91 Å². The summed E-state index contributed by atoms with van der Waals surface area (Å²) in [4.78, 5) is 28.6.